The molecule has 0 aliphatic carbocycles. The molecule has 0 heterocycles. The highest BCUT2D eigenvalue weighted by molar-refractivity contribution is 4.59. The fraction of sp³-hybridized carbons (Fsp3) is 0.929. The van der Waals surface area contributed by atoms with Gasteiger partial charge in [0.15, 0.2) is 0 Å². The summed E-state index contributed by atoms with van der Waals surface area (Å²) in [6.45, 7) is 9.06. The Morgan fingerprint density at radius 2 is 1.40 bits per heavy atom. The summed E-state index contributed by atoms with van der Waals surface area (Å²) in [5, 5.41) is 0. The first kappa shape index (κ1) is 15.0. The SMILES string of the molecule is [CH2]C(CCCCCCCCCC)OCC. The van der Waals surface area contributed by atoms with Crippen LogP contribution in [0.25, 0.3) is 0 Å². The molecule has 15 heavy (non-hydrogen) atoms. The summed E-state index contributed by atoms with van der Waals surface area (Å²) in [5.74, 6) is 0. The van der Waals surface area contributed by atoms with Crippen molar-refractivity contribution in [2.75, 3.05) is 6.61 Å². The molecule has 1 unspecified atom stereocenters. The van der Waals surface area contributed by atoms with Gasteiger partial charge in [0, 0.05) is 6.61 Å². The van der Waals surface area contributed by atoms with E-state index in [-0.39, 0.29) is 6.10 Å². The van der Waals surface area contributed by atoms with Crippen LogP contribution < -0.4 is 0 Å². The molecular weight excluding hydrogens is 184 g/mol. The van der Waals surface area contributed by atoms with Gasteiger partial charge in [0.1, 0.15) is 0 Å². The summed E-state index contributed by atoms with van der Waals surface area (Å²) in [6.07, 6.45) is 12.4. The molecule has 0 amide bonds. The monoisotopic (exact) mass is 213 g/mol. The van der Waals surface area contributed by atoms with Crippen molar-refractivity contribution in [3.05, 3.63) is 6.92 Å². The van der Waals surface area contributed by atoms with Gasteiger partial charge in [-0.25, -0.2) is 0 Å². The highest BCUT2D eigenvalue weighted by atomic mass is 16.5. The quantitative estimate of drug-likeness (QED) is 0.450. The minimum Gasteiger partial charge on any atom is -0.379 e. The predicted molar refractivity (Wildman–Crippen MR) is 68.0 cm³/mol. The summed E-state index contributed by atoms with van der Waals surface area (Å²) in [4.78, 5) is 0. The van der Waals surface area contributed by atoms with E-state index < -0.39 is 0 Å². The van der Waals surface area contributed by atoms with Crippen LogP contribution in [0, 0.1) is 6.92 Å². The topological polar surface area (TPSA) is 9.23 Å². The van der Waals surface area contributed by atoms with Crippen molar-refractivity contribution in [1.82, 2.24) is 0 Å². The van der Waals surface area contributed by atoms with E-state index in [2.05, 4.69) is 13.8 Å². The average Bonchev–Trinajstić information content (AvgIpc) is 2.22. The van der Waals surface area contributed by atoms with Crippen LogP contribution in [0.2, 0.25) is 0 Å². The smallest absolute Gasteiger partial charge is 0.0576 e. The van der Waals surface area contributed by atoms with Gasteiger partial charge in [-0.1, -0.05) is 58.3 Å². The zero-order valence-electron chi connectivity index (χ0n) is 10.8. The lowest BCUT2D eigenvalue weighted by atomic mass is 10.1. The summed E-state index contributed by atoms with van der Waals surface area (Å²) >= 11 is 0. The molecule has 0 spiro atoms. The first-order chi connectivity index (χ1) is 7.31. The maximum atomic E-state index is 5.39. The van der Waals surface area contributed by atoms with Gasteiger partial charge in [0.25, 0.3) is 0 Å². The van der Waals surface area contributed by atoms with E-state index in [9.17, 15) is 0 Å². The molecule has 1 atom stereocenters. The highest BCUT2D eigenvalue weighted by Crippen LogP contribution is 2.11. The molecule has 1 heteroatoms. The van der Waals surface area contributed by atoms with Crippen LogP contribution in [0.1, 0.15) is 71.6 Å². The van der Waals surface area contributed by atoms with Gasteiger partial charge in [-0.2, -0.15) is 0 Å². The van der Waals surface area contributed by atoms with Crippen LogP contribution in [0.15, 0.2) is 0 Å². The second-order valence-electron chi connectivity index (χ2n) is 4.34. The Morgan fingerprint density at radius 3 is 1.93 bits per heavy atom. The van der Waals surface area contributed by atoms with Crippen LogP contribution in [0.4, 0.5) is 0 Å². The summed E-state index contributed by atoms with van der Waals surface area (Å²) < 4.78 is 5.39. The van der Waals surface area contributed by atoms with Crippen molar-refractivity contribution >= 4 is 0 Å². The van der Waals surface area contributed by atoms with E-state index in [0.717, 1.165) is 13.0 Å². The van der Waals surface area contributed by atoms with Crippen LogP contribution in [0.5, 0.6) is 0 Å². The first-order valence-electron chi connectivity index (χ1n) is 6.76. The Bertz CT molecular complexity index is 112. The molecule has 0 fully saturated rings. The molecular formula is C14H29O. The molecule has 0 aromatic rings. The Hall–Kier alpha value is -0.0400. The number of unbranched alkanes of at least 4 members (excludes halogenated alkanes) is 7. The van der Waals surface area contributed by atoms with E-state index in [1.807, 2.05) is 6.92 Å². The van der Waals surface area contributed by atoms with Crippen molar-refractivity contribution in [1.29, 1.82) is 0 Å². The number of hydrogen-bond donors (Lipinski definition) is 0. The van der Waals surface area contributed by atoms with Gasteiger partial charge in [0.05, 0.1) is 6.10 Å². The van der Waals surface area contributed by atoms with E-state index in [1.165, 1.54) is 51.4 Å². The van der Waals surface area contributed by atoms with Gasteiger partial charge in [0.2, 0.25) is 0 Å². The second kappa shape index (κ2) is 12.0. The van der Waals surface area contributed by atoms with E-state index in [0.29, 0.717) is 0 Å². The van der Waals surface area contributed by atoms with Gasteiger partial charge >= 0.3 is 0 Å². The summed E-state index contributed by atoms with van der Waals surface area (Å²) in [6, 6.07) is 0. The molecule has 91 valence electrons. The third-order valence-electron chi connectivity index (χ3n) is 2.78. The Morgan fingerprint density at radius 1 is 0.867 bits per heavy atom. The lowest BCUT2D eigenvalue weighted by Crippen LogP contribution is -2.07. The van der Waals surface area contributed by atoms with Crippen molar-refractivity contribution in [3.8, 4) is 0 Å². The maximum absolute atomic E-state index is 5.39. The molecule has 0 saturated heterocycles. The first-order valence-corrected chi connectivity index (χ1v) is 6.76. The molecule has 0 rings (SSSR count). The molecule has 1 radical (unpaired) electrons. The Kier molecular flexibility index (Phi) is 12.0. The number of hydrogen-bond acceptors (Lipinski definition) is 1. The third kappa shape index (κ3) is 11.9. The van der Waals surface area contributed by atoms with Crippen LogP contribution in [0.3, 0.4) is 0 Å². The van der Waals surface area contributed by atoms with Crippen molar-refractivity contribution in [2.45, 2.75) is 77.7 Å². The Balaban J connectivity index is 2.98. The van der Waals surface area contributed by atoms with Crippen molar-refractivity contribution in [2.24, 2.45) is 0 Å². The molecule has 0 saturated carbocycles. The minimum absolute atomic E-state index is 0.218. The average molecular weight is 213 g/mol. The van der Waals surface area contributed by atoms with Gasteiger partial charge in [-0.05, 0) is 20.3 Å². The fourth-order valence-corrected chi connectivity index (χ4v) is 1.82. The molecule has 0 N–H and O–H groups in total. The standard InChI is InChI=1S/C14H29O/c1-4-6-7-8-9-10-11-12-13-14(3)15-5-2/h14H,3-13H2,1-2H3. The zero-order chi connectivity index (χ0) is 11.4. The van der Waals surface area contributed by atoms with Crippen LogP contribution >= 0.6 is 0 Å². The second-order valence-corrected chi connectivity index (χ2v) is 4.34. The highest BCUT2D eigenvalue weighted by Gasteiger charge is 1.99. The summed E-state index contributed by atoms with van der Waals surface area (Å²) in [7, 11) is 0. The molecule has 0 bridgehead atoms. The predicted octanol–water partition coefficient (Wildman–Crippen LogP) is 4.76. The molecule has 0 aliphatic rings. The lowest BCUT2D eigenvalue weighted by Gasteiger charge is -2.10. The zero-order valence-corrected chi connectivity index (χ0v) is 10.8. The van der Waals surface area contributed by atoms with E-state index >= 15 is 0 Å². The van der Waals surface area contributed by atoms with Gasteiger partial charge in [-0.3, -0.25) is 0 Å². The lowest BCUT2D eigenvalue weighted by molar-refractivity contribution is 0.0863. The van der Waals surface area contributed by atoms with Crippen LogP contribution in [-0.4, -0.2) is 12.7 Å². The number of rotatable bonds is 11. The largest absolute Gasteiger partial charge is 0.379 e. The molecule has 0 aromatic heterocycles. The van der Waals surface area contributed by atoms with Gasteiger partial charge < -0.3 is 4.74 Å². The van der Waals surface area contributed by atoms with Crippen molar-refractivity contribution < 1.29 is 4.74 Å². The van der Waals surface area contributed by atoms with Crippen LogP contribution in [-0.2, 0) is 4.74 Å². The van der Waals surface area contributed by atoms with E-state index in [4.69, 9.17) is 4.74 Å². The number of ether oxygens (including phenoxy) is 1. The normalized spacial score (nSPS) is 13.0. The van der Waals surface area contributed by atoms with Crippen molar-refractivity contribution in [3.63, 3.8) is 0 Å². The molecule has 1 nitrogen and oxygen atoms in total. The third-order valence-corrected chi connectivity index (χ3v) is 2.78. The summed E-state index contributed by atoms with van der Waals surface area (Å²) in [5.41, 5.74) is 0. The molecule has 0 aromatic carbocycles. The fourth-order valence-electron chi connectivity index (χ4n) is 1.82. The van der Waals surface area contributed by atoms with E-state index in [1.54, 1.807) is 0 Å². The molecule has 0 aliphatic heterocycles. The minimum atomic E-state index is 0.218. The Labute approximate surface area is 96.6 Å². The van der Waals surface area contributed by atoms with Gasteiger partial charge in [-0.15, -0.1) is 0 Å². The maximum Gasteiger partial charge on any atom is 0.0576 e.